The van der Waals surface area contributed by atoms with E-state index in [0.717, 1.165) is 25.1 Å². The smallest absolute Gasteiger partial charge is 0.303 e. The Morgan fingerprint density at radius 1 is 1.32 bits per heavy atom. The molecule has 1 fully saturated rings. The van der Waals surface area contributed by atoms with Crippen molar-refractivity contribution in [3.8, 4) is 5.75 Å². The fraction of sp³-hybridized carbons (Fsp3) is 0.529. The van der Waals surface area contributed by atoms with E-state index in [9.17, 15) is 9.59 Å². The van der Waals surface area contributed by atoms with E-state index >= 15 is 0 Å². The average Bonchev–Trinajstić information content (AvgIpc) is 2.53. The Balaban J connectivity index is 1.94. The third-order valence-electron chi connectivity index (χ3n) is 3.98. The Morgan fingerprint density at radius 3 is 2.68 bits per heavy atom. The van der Waals surface area contributed by atoms with E-state index in [4.69, 9.17) is 9.84 Å². The topological polar surface area (TPSA) is 66.8 Å². The van der Waals surface area contributed by atoms with Gasteiger partial charge in [-0.1, -0.05) is 0 Å². The molecule has 5 heteroatoms. The summed E-state index contributed by atoms with van der Waals surface area (Å²) in [6.45, 7) is 3.92. The largest absolute Gasteiger partial charge is 0.494 e. The number of ether oxygens (including phenoxy) is 1. The molecule has 1 atom stereocenters. The summed E-state index contributed by atoms with van der Waals surface area (Å²) in [5.41, 5.74) is 0.655. The Bertz CT molecular complexity index is 512. The average molecular weight is 305 g/mol. The lowest BCUT2D eigenvalue weighted by molar-refractivity contribution is -0.137. The number of carboxylic acid groups (broad SMARTS) is 1. The van der Waals surface area contributed by atoms with Crippen LogP contribution in [0, 0.1) is 5.92 Å². The van der Waals surface area contributed by atoms with Gasteiger partial charge in [0.05, 0.1) is 6.61 Å². The molecule has 0 bridgehead atoms. The summed E-state index contributed by atoms with van der Waals surface area (Å²) in [4.78, 5) is 25.0. The van der Waals surface area contributed by atoms with Gasteiger partial charge in [0.15, 0.2) is 0 Å². The molecule has 0 aromatic heterocycles. The summed E-state index contributed by atoms with van der Waals surface area (Å²) in [5.74, 6) is 0.298. The van der Waals surface area contributed by atoms with Gasteiger partial charge in [0.1, 0.15) is 5.75 Å². The fourth-order valence-electron chi connectivity index (χ4n) is 2.86. The summed E-state index contributed by atoms with van der Waals surface area (Å²) >= 11 is 0. The molecule has 1 aromatic carbocycles. The molecule has 1 N–H and O–H groups in total. The first-order valence-electron chi connectivity index (χ1n) is 7.84. The van der Waals surface area contributed by atoms with Crippen molar-refractivity contribution >= 4 is 11.9 Å². The van der Waals surface area contributed by atoms with E-state index in [2.05, 4.69) is 0 Å². The molecule has 0 saturated carbocycles. The van der Waals surface area contributed by atoms with Crippen LogP contribution in [0.1, 0.15) is 43.0 Å². The van der Waals surface area contributed by atoms with Gasteiger partial charge < -0.3 is 14.7 Å². The molecule has 0 radical (unpaired) electrons. The molecule has 1 aliphatic rings. The fourth-order valence-corrected chi connectivity index (χ4v) is 2.86. The second kappa shape index (κ2) is 7.82. The molecule has 1 amide bonds. The first kappa shape index (κ1) is 16.3. The van der Waals surface area contributed by atoms with Gasteiger partial charge in [-0.25, -0.2) is 0 Å². The van der Waals surface area contributed by atoms with Crippen molar-refractivity contribution in [2.75, 3.05) is 19.7 Å². The number of carbonyl (C=O) groups excluding carboxylic acids is 1. The number of hydrogen-bond acceptors (Lipinski definition) is 3. The Morgan fingerprint density at radius 2 is 2.05 bits per heavy atom. The third kappa shape index (κ3) is 4.48. The van der Waals surface area contributed by atoms with Crippen LogP contribution in [-0.4, -0.2) is 41.6 Å². The third-order valence-corrected chi connectivity index (χ3v) is 3.98. The standard InChI is InChI=1S/C17H23NO4/c1-2-22-15-8-6-14(7-9-15)17(21)18-11-3-4-13(12-18)5-10-16(19)20/h6-9,13H,2-5,10-12H2,1H3,(H,19,20)/t13-/m0/s1. The summed E-state index contributed by atoms with van der Waals surface area (Å²) in [5, 5.41) is 8.77. The number of piperidine rings is 1. The van der Waals surface area contributed by atoms with Crippen LogP contribution in [-0.2, 0) is 4.79 Å². The summed E-state index contributed by atoms with van der Waals surface area (Å²) in [6, 6.07) is 7.19. The van der Waals surface area contributed by atoms with Crippen LogP contribution < -0.4 is 4.74 Å². The van der Waals surface area contributed by atoms with E-state index in [-0.39, 0.29) is 18.2 Å². The normalized spacial score (nSPS) is 18.0. The van der Waals surface area contributed by atoms with Crippen LogP contribution in [0.15, 0.2) is 24.3 Å². The van der Waals surface area contributed by atoms with Crippen LogP contribution in [0.3, 0.4) is 0 Å². The van der Waals surface area contributed by atoms with Crippen molar-refractivity contribution in [1.29, 1.82) is 0 Å². The number of amides is 1. The minimum atomic E-state index is -0.769. The molecule has 1 saturated heterocycles. The zero-order chi connectivity index (χ0) is 15.9. The van der Waals surface area contributed by atoms with E-state index in [0.29, 0.717) is 25.1 Å². The van der Waals surface area contributed by atoms with Gasteiger partial charge in [-0.2, -0.15) is 0 Å². The first-order valence-corrected chi connectivity index (χ1v) is 7.84. The summed E-state index contributed by atoms with van der Waals surface area (Å²) < 4.78 is 5.38. The van der Waals surface area contributed by atoms with Crippen LogP contribution in [0.25, 0.3) is 0 Å². The Kier molecular flexibility index (Phi) is 5.81. The van der Waals surface area contributed by atoms with Gasteiger partial charge >= 0.3 is 5.97 Å². The summed E-state index contributed by atoms with van der Waals surface area (Å²) in [7, 11) is 0. The molecule has 5 nitrogen and oxygen atoms in total. The molecule has 1 aliphatic heterocycles. The van der Waals surface area contributed by atoms with E-state index in [1.54, 1.807) is 12.1 Å². The van der Waals surface area contributed by atoms with Gasteiger partial charge in [0, 0.05) is 25.1 Å². The lowest BCUT2D eigenvalue weighted by Gasteiger charge is -2.32. The van der Waals surface area contributed by atoms with Crippen LogP contribution in [0.5, 0.6) is 5.75 Å². The maximum atomic E-state index is 12.5. The molecule has 22 heavy (non-hydrogen) atoms. The maximum absolute atomic E-state index is 12.5. The lowest BCUT2D eigenvalue weighted by Crippen LogP contribution is -2.40. The quantitative estimate of drug-likeness (QED) is 0.877. The zero-order valence-corrected chi connectivity index (χ0v) is 13.0. The van der Waals surface area contributed by atoms with Gasteiger partial charge in [0.2, 0.25) is 0 Å². The SMILES string of the molecule is CCOc1ccc(C(=O)N2CCC[C@@H](CCC(=O)O)C2)cc1. The number of hydrogen-bond donors (Lipinski definition) is 1. The summed E-state index contributed by atoms with van der Waals surface area (Å²) in [6.07, 6.45) is 2.76. The number of rotatable bonds is 6. The predicted octanol–water partition coefficient (Wildman–Crippen LogP) is 2.80. The maximum Gasteiger partial charge on any atom is 0.303 e. The van der Waals surface area contributed by atoms with Gasteiger partial charge in [0.25, 0.3) is 5.91 Å². The molecule has 0 aliphatic carbocycles. The van der Waals surface area contributed by atoms with Crippen molar-refractivity contribution in [2.45, 2.75) is 32.6 Å². The van der Waals surface area contributed by atoms with Crippen LogP contribution in [0.4, 0.5) is 0 Å². The van der Waals surface area contributed by atoms with Crippen molar-refractivity contribution in [3.63, 3.8) is 0 Å². The minimum absolute atomic E-state index is 0.0167. The zero-order valence-electron chi connectivity index (χ0n) is 13.0. The van der Waals surface area contributed by atoms with E-state index in [1.807, 2.05) is 24.0 Å². The number of nitrogens with zero attached hydrogens (tertiary/aromatic N) is 1. The molecular weight excluding hydrogens is 282 g/mol. The van der Waals surface area contributed by atoms with E-state index in [1.165, 1.54) is 0 Å². The monoisotopic (exact) mass is 305 g/mol. The highest BCUT2D eigenvalue weighted by Crippen LogP contribution is 2.23. The lowest BCUT2D eigenvalue weighted by atomic mass is 9.93. The van der Waals surface area contributed by atoms with Crippen molar-refractivity contribution in [2.24, 2.45) is 5.92 Å². The first-order chi connectivity index (χ1) is 10.6. The molecule has 1 heterocycles. The van der Waals surface area contributed by atoms with Crippen molar-refractivity contribution < 1.29 is 19.4 Å². The highest BCUT2D eigenvalue weighted by molar-refractivity contribution is 5.94. The predicted molar refractivity (Wildman–Crippen MR) is 83.1 cm³/mol. The van der Waals surface area contributed by atoms with Crippen molar-refractivity contribution in [3.05, 3.63) is 29.8 Å². The highest BCUT2D eigenvalue weighted by Gasteiger charge is 2.24. The molecule has 0 spiro atoms. The Labute approximate surface area is 130 Å². The van der Waals surface area contributed by atoms with Crippen LogP contribution >= 0.6 is 0 Å². The highest BCUT2D eigenvalue weighted by atomic mass is 16.5. The Hall–Kier alpha value is -2.04. The second-order valence-corrected chi connectivity index (χ2v) is 5.65. The van der Waals surface area contributed by atoms with Gasteiger partial charge in [-0.15, -0.1) is 0 Å². The van der Waals surface area contributed by atoms with Gasteiger partial charge in [-0.05, 0) is 56.4 Å². The molecule has 120 valence electrons. The second-order valence-electron chi connectivity index (χ2n) is 5.65. The molecule has 2 rings (SSSR count). The van der Waals surface area contributed by atoms with Crippen molar-refractivity contribution in [1.82, 2.24) is 4.90 Å². The molecular formula is C17H23NO4. The van der Waals surface area contributed by atoms with Crippen LogP contribution in [0.2, 0.25) is 0 Å². The number of carbonyl (C=O) groups is 2. The number of benzene rings is 1. The minimum Gasteiger partial charge on any atom is -0.494 e. The number of likely N-dealkylation sites (tertiary alicyclic amines) is 1. The molecule has 1 aromatic rings. The number of aliphatic carboxylic acids is 1. The number of carboxylic acids is 1. The molecule has 0 unspecified atom stereocenters. The van der Waals surface area contributed by atoms with E-state index < -0.39 is 5.97 Å². The van der Waals surface area contributed by atoms with Gasteiger partial charge in [-0.3, -0.25) is 9.59 Å².